The van der Waals surface area contributed by atoms with Crippen LogP contribution in [0.25, 0.3) is 11.3 Å². The molecule has 1 aliphatic rings. The summed E-state index contributed by atoms with van der Waals surface area (Å²) in [5.74, 6) is 0.521. The van der Waals surface area contributed by atoms with E-state index in [-0.39, 0.29) is 23.9 Å². The summed E-state index contributed by atoms with van der Waals surface area (Å²) in [6.45, 7) is 2.38. The Morgan fingerprint density at radius 3 is 2.63 bits per heavy atom. The highest BCUT2D eigenvalue weighted by atomic mass is 16.5. The first kappa shape index (κ1) is 23.5. The lowest BCUT2D eigenvalue weighted by molar-refractivity contribution is -0.119. The summed E-state index contributed by atoms with van der Waals surface area (Å²) < 4.78 is 22.2. The van der Waals surface area contributed by atoms with Gasteiger partial charge in [-0.15, -0.1) is 5.10 Å². The normalized spacial score (nSPS) is 14.5. The molecule has 35 heavy (non-hydrogen) atoms. The van der Waals surface area contributed by atoms with E-state index in [1.807, 2.05) is 31.2 Å². The summed E-state index contributed by atoms with van der Waals surface area (Å²) >= 11 is 0. The predicted octanol–water partition coefficient (Wildman–Crippen LogP) is 2.96. The number of nitriles is 1. The number of nitrogens with zero attached hydrogens (tertiary/aromatic N) is 2. The van der Waals surface area contributed by atoms with Crippen LogP contribution < -0.4 is 30.4 Å². The highest BCUT2D eigenvalue weighted by Crippen LogP contribution is 2.47. The Balaban J connectivity index is 1.78. The third-order valence-corrected chi connectivity index (χ3v) is 5.45. The number of nitrogens with one attached hydrogen (secondary N) is 1. The molecule has 1 amide bonds. The van der Waals surface area contributed by atoms with Gasteiger partial charge in [-0.05, 0) is 48.4 Å². The molecular formula is C25H25N5O5. The predicted molar refractivity (Wildman–Crippen MR) is 127 cm³/mol. The number of primary amides is 1. The Hall–Kier alpha value is -4.65. The van der Waals surface area contributed by atoms with Crippen LogP contribution in [0.1, 0.15) is 30.4 Å². The number of carbonyl (C=O) groups is 1. The van der Waals surface area contributed by atoms with Gasteiger partial charge in [-0.3, -0.25) is 9.89 Å². The van der Waals surface area contributed by atoms with E-state index in [4.69, 9.17) is 30.4 Å². The minimum Gasteiger partial charge on any atom is -0.494 e. The number of hydrogen-bond donors (Lipinski definition) is 3. The molecule has 1 aromatic heterocycles. The van der Waals surface area contributed by atoms with Crippen LogP contribution in [-0.2, 0) is 4.79 Å². The second-order valence-corrected chi connectivity index (χ2v) is 7.78. The summed E-state index contributed by atoms with van der Waals surface area (Å²) in [6, 6.07) is 14.9. The molecule has 1 atom stereocenters. The SMILES string of the molecule is CCCOc1ccc(-c2[nH]nc3c2[C@@H](c2ccc(OCC(N)=O)c(OC)c2)C(C#N)=C(N)O3)cc1. The second-order valence-electron chi connectivity index (χ2n) is 7.78. The van der Waals surface area contributed by atoms with E-state index in [1.54, 1.807) is 18.2 Å². The van der Waals surface area contributed by atoms with Gasteiger partial charge in [-0.2, -0.15) is 5.26 Å². The maximum absolute atomic E-state index is 11.1. The Morgan fingerprint density at radius 1 is 1.20 bits per heavy atom. The van der Waals surface area contributed by atoms with Crippen molar-refractivity contribution >= 4 is 5.91 Å². The molecule has 1 aliphatic heterocycles. The number of fused-ring (bicyclic) bond motifs is 1. The van der Waals surface area contributed by atoms with Gasteiger partial charge in [0.25, 0.3) is 5.91 Å². The summed E-state index contributed by atoms with van der Waals surface area (Å²) in [5, 5.41) is 17.3. The average Bonchev–Trinajstić information content (AvgIpc) is 3.28. The van der Waals surface area contributed by atoms with Crippen molar-refractivity contribution in [1.82, 2.24) is 10.2 Å². The number of H-pyrrole nitrogens is 1. The third-order valence-electron chi connectivity index (χ3n) is 5.45. The van der Waals surface area contributed by atoms with Gasteiger partial charge < -0.3 is 30.4 Å². The molecule has 3 aromatic rings. The Kier molecular flexibility index (Phi) is 6.78. The van der Waals surface area contributed by atoms with Gasteiger partial charge in [0.15, 0.2) is 18.1 Å². The van der Waals surface area contributed by atoms with Gasteiger partial charge in [0, 0.05) is 5.56 Å². The molecule has 0 saturated carbocycles. The van der Waals surface area contributed by atoms with Gasteiger partial charge in [-0.25, -0.2) is 0 Å². The van der Waals surface area contributed by atoms with Crippen molar-refractivity contribution in [2.24, 2.45) is 11.5 Å². The first-order chi connectivity index (χ1) is 17.0. The average molecular weight is 476 g/mol. The van der Waals surface area contributed by atoms with E-state index in [2.05, 4.69) is 16.3 Å². The Labute approximate surface area is 202 Å². The molecule has 5 N–H and O–H groups in total. The molecular weight excluding hydrogens is 450 g/mol. The van der Waals surface area contributed by atoms with Crippen LogP contribution in [0.4, 0.5) is 0 Å². The van der Waals surface area contributed by atoms with Crippen LogP contribution >= 0.6 is 0 Å². The van der Waals surface area contributed by atoms with Crippen molar-refractivity contribution in [2.45, 2.75) is 19.3 Å². The van der Waals surface area contributed by atoms with Crippen LogP contribution in [0.3, 0.4) is 0 Å². The number of benzene rings is 2. The van der Waals surface area contributed by atoms with E-state index in [1.165, 1.54) is 7.11 Å². The molecule has 0 radical (unpaired) electrons. The van der Waals surface area contributed by atoms with E-state index in [0.29, 0.717) is 34.9 Å². The van der Waals surface area contributed by atoms with Crippen molar-refractivity contribution in [3.63, 3.8) is 0 Å². The molecule has 180 valence electrons. The number of ether oxygens (including phenoxy) is 4. The van der Waals surface area contributed by atoms with Crippen molar-refractivity contribution in [2.75, 3.05) is 20.3 Å². The summed E-state index contributed by atoms with van der Waals surface area (Å²) in [7, 11) is 1.48. The quantitative estimate of drug-likeness (QED) is 0.426. The second kappa shape index (κ2) is 10.1. The number of aromatic amines is 1. The van der Waals surface area contributed by atoms with Gasteiger partial charge in [-0.1, -0.05) is 13.0 Å². The molecule has 0 unspecified atom stereocenters. The Morgan fingerprint density at radius 2 is 1.97 bits per heavy atom. The van der Waals surface area contributed by atoms with E-state index >= 15 is 0 Å². The molecule has 2 heterocycles. The third kappa shape index (κ3) is 4.70. The summed E-state index contributed by atoms with van der Waals surface area (Å²) in [4.78, 5) is 11.1. The summed E-state index contributed by atoms with van der Waals surface area (Å²) in [5.41, 5.74) is 14.4. The largest absolute Gasteiger partial charge is 0.494 e. The number of aromatic nitrogens is 2. The van der Waals surface area contributed by atoms with Gasteiger partial charge in [0.05, 0.1) is 30.9 Å². The minimum atomic E-state index is -0.609. The number of allylic oxidation sites excluding steroid dienone is 1. The number of amides is 1. The molecule has 0 saturated heterocycles. The highest BCUT2D eigenvalue weighted by Gasteiger charge is 2.36. The van der Waals surface area contributed by atoms with Gasteiger partial charge >= 0.3 is 0 Å². The monoisotopic (exact) mass is 475 g/mol. The smallest absolute Gasteiger partial charge is 0.255 e. The number of carbonyl (C=O) groups excluding carboxylic acids is 1. The molecule has 10 nitrogen and oxygen atoms in total. The molecule has 4 rings (SSSR count). The van der Waals surface area contributed by atoms with Crippen molar-refractivity contribution < 1.29 is 23.7 Å². The van der Waals surface area contributed by atoms with E-state index in [0.717, 1.165) is 17.7 Å². The maximum atomic E-state index is 11.1. The fraction of sp³-hybridized carbons (Fsp3) is 0.240. The standard InChI is InChI=1S/C25H25N5O5/c1-3-10-33-16-7-4-14(5-8-16)23-22-21(17(12-26)24(28)35-25(22)30-29-23)15-6-9-18(19(11-15)32-2)34-13-20(27)31/h4-9,11,21H,3,10,13,28H2,1-2H3,(H2,27,31)(H,29,30)/t21-/m0/s1. The number of hydrogen-bond acceptors (Lipinski definition) is 8. The van der Waals surface area contributed by atoms with Crippen LogP contribution in [0.2, 0.25) is 0 Å². The van der Waals surface area contributed by atoms with Crippen LogP contribution in [0, 0.1) is 11.3 Å². The zero-order chi connectivity index (χ0) is 24.9. The van der Waals surface area contributed by atoms with Crippen molar-refractivity contribution in [3.05, 3.63) is 65.0 Å². The summed E-state index contributed by atoms with van der Waals surface area (Å²) in [6.07, 6.45) is 0.912. The van der Waals surface area contributed by atoms with Gasteiger partial charge in [0.2, 0.25) is 11.8 Å². The number of nitrogens with two attached hydrogens (primary N) is 2. The van der Waals surface area contributed by atoms with Crippen LogP contribution in [-0.4, -0.2) is 36.4 Å². The zero-order valence-electron chi connectivity index (χ0n) is 19.3. The van der Waals surface area contributed by atoms with Crippen molar-refractivity contribution in [3.8, 4) is 40.5 Å². The molecule has 0 fully saturated rings. The zero-order valence-corrected chi connectivity index (χ0v) is 19.3. The molecule has 0 aliphatic carbocycles. The van der Waals surface area contributed by atoms with Gasteiger partial charge in [0.1, 0.15) is 17.4 Å². The van der Waals surface area contributed by atoms with Crippen LogP contribution in [0.15, 0.2) is 53.9 Å². The molecule has 0 bridgehead atoms. The highest BCUT2D eigenvalue weighted by molar-refractivity contribution is 5.75. The fourth-order valence-corrected chi connectivity index (χ4v) is 3.87. The lowest BCUT2D eigenvalue weighted by Gasteiger charge is -2.25. The minimum absolute atomic E-state index is 0.0283. The van der Waals surface area contributed by atoms with E-state index in [9.17, 15) is 10.1 Å². The lowest BCUT2D eigenvalue weighted by atomic mass is 9.83. The first-order valence-electron chi connectivity index (χ1n) is 10.9. The molecule has 2 aromatic carbocycles. The maximum Gasteiger partial charge on any atom is 0.255 e. The molecule has 0 spiro atoms. The van der Waals surface area contributed by atoms with E-state index < -0.39 is 11.8 Å². The fourth-order valence-electron chi connectivity index (χ4n) is 3.87. The number of methoxy groups -OCH3 is 1. The first-order valence-corrected chi connectivity index (χ1v) is 10.9. The molecule has 10 heteroatoms. The lowest BCUT2D eigenvalue weighted by Crippen LogP contribution is -2.21. The van der Waals surface area contributed by atoms with Crippen LogP contribution in [0.5, 0.6) is 23.1 Å². The van der Waals surface area contributed by atoms with Crippen molar-refractivity contribution in [1.29, 1.82) is 5.26 Å². The topological polar surface area (TPSA) is 158 Å². The number of rotatable bonds is 9. The Bertz CT molecular complexity index is 1310.